The number of carbonyl (C=O) groups is 2. The van der Waals surface area contributed by atoms with Crippen LogP contribution in [0.2, 0.25) is 0 Å². The van der Waals surface area contributed by atoms with Crippen LogP contribution in [0.4, 0.5) is 0 Å². The van der Waals surface area contributed by atoms with Crippen LogP contribution in [0.15, 0.2) is 54.9 Å². The monoisotopic (exact) mass is 391 g/mol. The number of aromatic nitrogens is 2. The van der Waals surface area contributed by atoms with E-state index >= 15 is 0 Å². The molecule has 0 saturated carbocycles. The number of methoxy groups -OCH3 is 1. The molecule has 4 rings (SSSR count). The number of pyridine rings is 1. The number of ketones is 1. The van der Waals surface area contributed by atoms with Crippen LogP contribution in [0.3, 0.4) is 0 Å². The first-order valence-corrected chi connectivity index (χ1v) is 10.0. The molecule has 1 amide bonds. The molecule has 6 heteroatoms. The Kier molecular flexibility index (Phi) is 5.60. The topological polar surface area (TPSA) is 63.9 Å². The molecule has 0 spiro atoms. The van der Waals surface area contributed by atoms with Gasteiger partial charge in [0, 0.05) is 37.8 Å². The molecule has 3 heterocycles. The number of likely N-dealkylation sites (tertiary alicyclic amines) is 1. The van der Waals surface area contributed by atoms with E-state index in [1.54, 1.807) is 19.2 Å². The fraction of sp³-hybridized carbons (Fsp3) is 0.348. The molecule has 1 fully saturated rings. The highest BCUT2D eigenvalue weighted by molar-refractivity contribution is 6.00. The van der Waals surface area contributed by atoms with Crippen molar-refractivity contribution in [3.8, 4) is 5.75 Å². The normalized spacial score (nSPS) is 16.7. The maximum absolute atomic E-state index is 13.0. The highest BCUT2D eigenvalue weighted by atomic mass is 16.5. The fourth-order valence-electron chi connectivity index (χ4n) is 3.99. The highest BCUT2D eigenvalue weighted by Crippen LogP contribution is 2.26. The molecule has 29 heavy (non-hydrogen) atoms. The summed E-state index contributed by atoms with van der Waals surface area (Å²) in [5.41, 5.74) is 2.39. The summed E-state index contributed by atoms with van der Waals surface area (Å²) in [5.74, 6) is 0.548. The summed E-state index contributed by atoms with van der Waals surface area (Å²) in [6.45, 7) is 1.18. The lowest BCUT2D eigenvalue weighted by Crippen LogP contribution is -2.42. The summed E-state index contributed by atoms with van der Waals surface area (Å²) in [6.07, 6.45) is 6.56. The van der Waals surface area contributed by atoms with Crippen LogP contribution in [0.5, 0.6) is 5.75 Å². The molecule has 0 N–H and O–H groups in total. The van der Waals surface area contributed by atoms with Crippen LogP contribution in [0.1, 0.15) is 35.3 Å². The molecular weight excluding hydrogens is 366 g/mol. The summed E-state index contributed by atoms with van der Waals surface area (Å²) in [4.78, 5) is 32.2. The van der Waals surface area contributed by atoms with Gasteiger partial charge in [-0.3, -0.25) is 9.59 Å². The van der Waals surface area contributed by atoms with E-state index in [1.807, 2.05) is 52.0 Å². The third-order valence-electron chi connectivity index (χ3n) is 5.53. The third kappa shape index (κ3) is 4.16. The first-order chi connectivity index (χ1) is 14.2. The SMILES string of the molecule is COc1ccccc1C(=O)C1CCCN(C(=O)CCc2cn3ccccc3n2)C1. The minimum Gasteiger partial charge on any atom is -0.496 e. The Bertz CT molecular complexity index is 994. The molecule has 1 aliphatic rings. The average Bonchev–Trinajstić information content (AvgIpc) is 3.20. The molecular formula is C23H25N3O3. The van der Waals surface area contributed by atoms with Crippen LogP contribution < -0.4 is 4.74 Å². The second-order valence-corrected chi connectivity index (χ2v) is 7.44. The number of amides is 1. The average molecular weight is 391 g/mol. The van der Waals surface area contributed by atoms with Gasteiger partial charge in [-0.15, -0.1) is 0 Å². The first kappa shape index (κ1) is 19.2. The van der Waals surface area contributed by atoms with Gasteiger partial charge in [-0.25, -0.2) is 4.98 Å². The summed E-state index contributed by atoms with van der Waals surface area (Å²) >= 11 is 0. The molecule has 150 valence electrons. The minimum absolute atomic E-state index is 0.0558. The molecule has 6 nitrogen and oxygen atoms in total. The number of carbonyl (C=O) groups excluding carboxylic acids is 2. The molecule has 1 saturated heterocycles. The number of aryl methyl sites for hydroxylation is 1. The van der Waals surface area contributed by atoms with Crippen LogP contribution in [0, 0.1) is 5.92 Å². The number of ether oxygens (including phenoxy) is 1. The zero-order valence-electron chi connectivity index (χ0n) is 16.6. The summed E-state index contributed by atoms with van der Waals surface area (Å²) in [6, 6.07) is 13.1. The number of para-hydroxylation sites is 1. The van der Waals surface area contributed by atoms with E-state index in [0.717, 1.165) is 24.2 Å². The van der Waals surface area contributed by atoms with Gasteiger partial charge >= 0.3 is 0 Å². The first-order valence-electron chi connectivity index (χ1n) is 10.0. The van der Waals surface area contributed by atoms with Crippen LogP contribution >= 0.6 is 0 Å². The minimum atomic E-state index is -0.181. The van der Waals surface area contributed by atoms with Crippen molar-refractivity contribution in [2.24, 2.45) is 5.92 Å². The number of hydrogen-bond acceptors (Lipinski definition) is 4. The Labute approximate surface area is 170 Å². The predicted octanol–water partition coefficient (Wildman–Crippen LogP) is 3.40. The van der Waals surface area contributed by atoms with Crippen molar-refractivity contribution in [3.63, 3.8) is 0 Å². The lowest BCUT2D eigenvalue weighted by Gasteiger charge is -2.32. The van der Waals surface area contributed by atoms with Crippen molar-refractivity contribution in [1.82, 2.24) is 14.3 Å². The Balaban J connectivity index is 1.38. The number of benzene rings is 1. The Morgan fingerprint density at radius 3 is 2.83 bits per heavy atom. The van der Waals surface area contributed by atoms with E-state index in [1.165, 1.54) is 0 Å². The zero-order chi connectivity index (χ0) is 20.2. The predicted molar refractivity (Wildman–Crippen MR) is 110 cm³/mol. The second-order valence-electron chi connectivity index (χ2n) is 7.44. The van der Waals surface area contributed by atoms with Gasteiger partial charge in [0.25, 0.3) is 0 Å². The van der Waals surface area contributed by atoms with Gasteiger partial charge < -0.3 is 14.0 Å². The Hall–Kier alpha value is -3.15. The molecule has 2 aromatic heterocycles. The maximum atomic E-state index is 13.0. The number of piperidine rings is 1. The van der Waals surface area contributed by atoms with Crippen molar-refractivity contribution < 1.29 is 14.3 Å². The second kappa shape index (κ2) is 8.47. The molecule has 1 aromatic carbocycles. The summed E-state index contributed by atoms with van der Waals surface area (Å²) < 4.78 is 7.29. The smallest absolute Gasteiger partial charge is 0.222 e. The summed E-state index contributed by atoms with van der Waals surface area (Å²) in [7, 11) is 1.57. The molecule has 0 bridgehead atoms. The molecule has 3 aromatic rings. The number of nitrogens with zero attached hydrogens (tertiary/aromatic N) is 3. The zero-order valence-corrected chi connectivity index (χ0v) is 16.6. The van der Waals surface area contributed by atoms with Gasteiger partial charge in [-0.1, -0.05) is 18.2 Å². The van der Waals surface area contributed by atoms with Crippen molar-refractivity contribution >= 4 is 17.3 Å². The molecule has 1 unspecified atom stereocenters. The van der Waals surface area contributed by atoms with Crippen LogP contribution in [-0.4, -0.2) is 46.2 Å². The van der Waals surface area contributed by atoms with E-state index < -0.39 is 0 Å². The van der Waals surface area contributed by atoms with Gasteiger partial charge in [-0.2, -0.15) is 0 Å². The van der Waals surface area contributed by atoms with E-state index in [9.17, 15) is 9.59 Å². The Morgan fingerprint density at radius 2 is 2.00 bits per heavy atom. The van der Waals surface area contributed by atoms with Gasteiger partial charge in [0.15, 0.2) is 5.78 Å². The van der Waals surface area contributed by atoms with Gasteiger partial charge in [0.2, 0.25) is 5.91 Å². The number of hydrogen-bond donors (Lipinski definition) is 0. The number of fused-ring (bicyclic) bond motifs is 1. The maximum Gasteiger partial charge on any atom is 0.222 e. The van der Waals surface area contributed by atoms with E-state index in [4.69, 9.17) is 4.74 Å². The molecule has 1 aliphatic heterocycles. The van der Waals surface area contributed by atoms with E-state index in [2.05, 4.69) is 4.98 Å². The largest absolute Gasteiger partial charge is 0.496 e. The highest BCUT2D eigenvalue weighted by Gasteiger charge is 2.30. The van der Waals surface area contributed by atoms with Crippen LogP contribution in [0.25, 0.3) is 5.65 Å². The lowest BCUT2D eigenvalue weighted by molar-refractivity contribution is -0.132. The lowest BCUT2D eigenvalue weighted by atomic mass is 9.89. The van der Waals surface area contributed by atoms with Crippen molar-refractivity contribution in [2.75, 3.05) is 20.2 Å². The number of imidazole rings is 1. The van der Waals surface area contributed by atoms with Crippen molar-refractivity contribution in [3.05, 3.63) is 66.1 Å². The van der Waals surface area contributed by atoms with E-state index in [-0.39, 0.29) is 17.6 Å². The van der Waals surface area contributed by atoms with E-state index in [0.29, 0.717) is 37.2 Å². The molecule has 0 aliphatic carbocycles. The Morgan fingerprint density at radius 1 is 1.17 bits per heavy atom. The third-order valence-corrected chi connectivity index (χ3v) is 5.53. The number of Topliss-reactive ketones (excluding diaryl/α,β-unsaturated/α-hetero) is 1. The van der Waals surface area contributed by atoms with Gasteiger partial charge in [0.1, 0.15) is 11.4 Å². The molecule has 0 radical (unpaired) electrons. The molecule has 1 atom stereocenters. The summed E-state index contributed by atoms with van der Waals surface area (Å²) in [5, 5.41) is 0. The quantitative estimate of drug-likeness (QED) is 0.604. The van der Waals surface area contributed by atoms with Crippen molar-refractivity contribution in [1.29, 1.82) is 0 Å². The van der Waals surface area contributed by atoms with Crippen LogP contribution in [-0.2, 0) is 11.2 Å². The van der Waals surface area contributed by atoms with Gasteiger partial charge in [0.05, 0.1) is 18.4 Å². The van der Waals surface area contributed by atoms with Crippen molar-refractivity contribution in [2.45, 2.75) is 25.7 Å². The van der Waals surface area contributed by atoms with Gasteiger partial charge in [-0.05, 0) is 43.5 Å². The number of rotatable bonds is 6. The fourth-order valence-corrected chi connectivity index (χ4v) is 3.99. The standard InChI is InChI=1S/C23H25N3O3/c1-29-20-9-3-2-8-19(20)23(28)17-7-6-14-26(15-17)22(27)12-11-18-16-25-13-5-4-10-21(25)24-18/h2-5,8-10,13,16-17H,6-7,11-12,14-15H2,1H3.